The van der Waals surface area contributed by atoms with Crippen LogP contribution >= 0.6 is 11.6 Å². The van der Waals surface area contributed by atoms with Crippen molar-refractivity contribution in [3.8, 4) is 0 Å². The van der Waals surface area contributed by atoms with Gasteiger partial charge in [0.1, 0.15) is 0 Å². The molecule has 98 valence electrons. The largest absolute Gasteiger partial charge is 0.389 e. The summed E-state index contributed by atoms with van der Waals surface area (Å²) in [7, 11) is 0. The number of hydrogen-bond donors (Lipinski definition) is 2. The SMILES string of the molecule is CC(O)c1cccc(NC(=O)c2cccc(Cl)c2)c1. The molecule has 1 amide bonds. The van der Waals surface area contributed by atoms with E-state index in [9.17, 15) is 9.90 Å². The highest BCUT2D eigenvalue weighted by Crippen LogP contribution is 2.18. The monoisotopic (exact) mass is 275 g/mol. The zero-order valence-electron chi connectivity index (χ0n) is 10.4. The van der Waals surface area contributed by atoms with Gasteiger partial charge in [-0.05, 0) is 42.8 Å². The van der Waals surface area contributed by atoms with E-state index >= 15 is 0 Å². The minimum atomic E-state index is -0.567. The number of hydrogen-bond acceptors (Lipinski definition) is 2. The Hall–Kier alpha value is -1.84. The highest BCUT2D eigenvalue weighted by Gasteiger charge is 2.07. The highest BCUT2D eigenvalue weighted by molar-refractivity contribution is 6.31. The molecule has 1 atom stereocenters. The second-order valence-corrected chi connectivity index (χ2v) is 4.70. The molecule has 3 nitrogen and oxygen atoms in total. The Morgan fingerprint density at radius 2 is 1.95 bits per heavy atom. The number of rotatable bonds is 3. The third-order valence-corrected chi connectivity index (χ3v) is 2.95. The van der Waals surface area contributed by atoms with Gasteiger partial charge in [0.05, 0.1) is 6.10 Å². The van der Waals surface area contributed by atoms with Crippen molar-refractivity contribution in [3.05, 3.63) is 64.7 Å². The smallest absolute Gasteiger partial charge is 0.255 e. The van der Waals surface area contributed by atoms with Crippen LogP contribution in [-0.2, 0) is 0 Å². The van der Waals surface area contributed by atoms with Gasteiger partial charge >= 0.3 is 0 Å². The van der Waals surface area contributed by atoms with Gasteiger partial charge in [-0.15, -0.1) is 0 Å². The first kappa shape index (κ1) is 13.6. The van der Waals surface area contributed by atoms with Crippen molar-refractivity contribution in [1.82, 2.24) is 0 Å². The van der Waals surface area contributed by atoms with Crippen LogP contribution in [0.1, 0.15) is 28.9 Å². The fourth-order valence-corrected chi connectivity index (χ4v) is 1.90. The molecule has 2 aromatic carbocycles. The Kier molecular flexibility index (Phi) is 4.20. The molecule has 0 heterocycles. The van der Waals surface area contributed by atoms with Crippen molar-refractivity contribution >= 4 is 23.2 Å². The van der Waals surface area contributed by atoms with E-state index in [4.69, 9.17) is 11.6 Å². The Balaban J connectivity index is 2.17. The van der Waals surface area contributed by atoms with Gasteiger partial charge < -0.3 is 10.4 Å². The minimum Gasteiger partial charge on any atom is -0.389 e. The predicted molar refractivity (Wildman–Crippen MR) is 76.5 cm³/mol. The van der Waals surface area contributed by atoms with E-state index in [1.807, 2.05) is 0 Å². The van der Waals surface area contributed by atoms with Crippen molar-refractivity contribution < 1.29 is 9.90 Å². The molecule has 1 unspecified atom stereocenters. The number of aliphatic hydroxyl groups is 1. The lowest BCUT2D eigenvalue weighted by molar-refractivity contribution is 0.102. The molecule has 0 aliphatic carbocycles. The van der Waals surface area contributed by atoms with Crippen molar-refractivity contribution in [1.29, 1.82) is 0 Å². The quantitative estimate of drug-likeness (QED) is 0.898. The van der Waals surface area contributed by atoms with Crippen LogP contribution in [0.15, 0.2) is 48.5 Å². The molecule has 4 heteroatoms. The number of aliphatic hydroxyl groups excluding tert-OH is 1. The lowest BCUT2D eigenvalue weighted by Gasteiger charge is -2.09. The lowest BCUT2D eigenvalue weighted by Crippen LogP contribution is -2.12. The molecule has 0 radical (unpaired) electrons. The van der Waals surface area contributed by atoms with Crippen molar-refractivity contribution in [2.45, 2.75) is 13.0 Å². The summed E-state index contributed by atoms with van der Waals surface area (Å²) in [4.78, 5) is 12.0. The van der Waals surface area contributed by atoms with E-state index in [1.165, 1.54) is 0 Å². The number of nitrogens with one attached hydrogen (secondary N) is 1. The van der Waals surface area contributed by atoms with Gasteiger partial charge in [0.25, 0.3) is 5.91 Å². The molecule has 2 N–H and O–H groups in total. The van der Waals surface area contributed by atoms with Crippen molar-refractivity contribution in [3.63, 3.8) is 0 Å². The average molecular weight is 276 g/mol. The van der Waals surface area contributed by atoms with Gasteiger partial charge in [-0.2, -0.15) is 0 Å². The number of amides is 1. The molecule has 0 spiro atoms. The molecular formula is C15H14ClNO2. The van der Waals surface area contributed by atoms with Crippen molar-refractivity contribution in [2.75, 3.05) is 5.32 Å². The molecule has 0 saturated carbocycles. The first-order chi connectivity index (χ1) is 9.06. The van der Waals surface area contributed by atoms with Gasteiger partial charge in [-0.3, -0.25) is 4.79 Å². The molecule has 0 saturated heterocycles. The van der Waals surface area contributed by atoms with Crippen LogP contribution in [0.3, 0.4) is 0 Å². The van der Waals surface area contributed by atoms with Gasteiger partial charge in [0.15, 0.2) is 0 Å². The molecule has 0 aliphatic heterocycles. The third kappa shape index (κ3) is 3.56. The molecule has 0 aliphatic rings. The number of anilines is 1. The number of carbonyl (C=O) groups excluding carboxylic acids is 1. The summed E-state index contributed by atoms with van der Waals surface area (Å²) < 4.78 is 0. The molecule has 19 heavy (non-hydrogen) atoms. The van der Waals surface area contributed by atoms with Crippen LogP contribution in [0, 0.1) is 0 Å². The third-order valence-electron chi connectivity index (χ3n) is 2.71. The maximum Gasteiger partial charge on any atom is 0.255 e. The minimum absolute atomic E-state index is 0.231. The summed E-state index contributed by atoms with van der Waals surface area (Å²) in [6, 6.07) is 13.8. The maximum absolute atomic E-state index is 12.0. The predicted octanol–water partition coefficient (Wildman–Crippen LogP) is 3.65. The Morgan fingerprint density at radius 1 is 1.21 bits per heavy atom. The average Bonchev–Trinajstić information content (AvgIpc) is 2.39. The first-order valence-electron chi connectivity index (χ1n) is 5.91. The summed E-state index contributed by atoms with van der Waals surface area (Å²) in [6.07, 6.45) is -0.567. The molecule has 2 aromatic rings. The highest BCUT2D eigenvalue weighted by atomic mass is 35.5. The van der Waals surface area contributed by atoms with E-state index < -0.39 is 6.10 Å². The molecule has 0 bridgehead atoms. The molecule has 0 aromatic heterocycles. The van der Waals surface area contributed by atoms with E-state index in [1.54, 1.807) is 55.5 Å². The second kappa shape index (κ2) is 5.87. The van der Waals surface area contributed by atoms with Crippen LogP contribution in [0.5, 0.6) is 0 Å². The van der Waals surface area contributed by atoms with E-state index in [0.717, 1.165) is 5.56 Å². The zero-order valence-corrected chi connectivity index (χ0v) is 11.2. The second-order valence-electron chi connectivity index (χ2n) is 4.27. The van der Waals surface area contributed by atoms with E-state index in [2.05, 4.69) is 5.32 Å². The zero-order chi connectivity index (χ0) is 13.8. The Bertz CT molecular complexity index is 596. The maximum atomic E-state index is 12.0. The fraction of sp³-hybridized carbons (Fsp3) is 0.133. The van der Waals surface area contributed by atoms with Crippen LogP contribution in [0.2, 0.25) is 5.02 Å². The van der Waals surface area contributed by atoms with Gasteiger partial charge in [-0.25, -0.2) is 0 Å². The van der Waals surface area contributed by atoms with Crippen LogP contribution < -0.4 is 5.32 Å². The summed E-state index contributed by atoms with van der Waals surface area (Å²) >= 11 is 5.85. The topological polar surface area (TPSA) is 49.3 Å². The Morgan fingerprint density at radius 3 is 2.63 bits per heavy atom. The van der Waals surface area contributed by atoms with E-state index in [0.29, 0.717) is 16.3 Å². The Labute approximate surface area is 116 Å². The van der Waals surface area contributed by atoms with Gasteiger partial charge in [0.2, 0.25) is 0 Å². The normalized spacial score (nSPS) is 11.9. The van der Waals surface area contributed by atoms with Crippen LogP contribution in [0.4, 0.5) is 5.69 Å². The number of carbonyl (C=O) groups is 1. The van der Waals surface area contributed by atoms with Crippen molar-refractivity contribution in [2.24, 2.45) is 0 Å². The standard InChI is InChI=1S/C15H14ClNO2/c1-10(18)11-4-3-7-14(9-11)17-15(19)12-5-2-6-13(16)8-12/h2-10,18H,1H3,(H,17,19). The van der Waals surface area contributed by atoms with Gasteiger partial charge in [0, 0.05) is 16.3 Å². The summed E-state index contributed by atoms with van der Waals surface area (Å²) in [5.74, 6) is -0.231. The molecule has 2 rings (SSSR count). The summed E-state index contributed by atoms with van der Waals surface area (Å²) in [5.41, 5.74) is 1.89. The molecular weight excluding hydrogens is 262 g/mol. The molecule has 0 fully saturated rings. The fourth-order valence-electron chi connectivity index (χ4n) is 1.71. The van der Waals surface area contributed by atoms with Crippen LogP contribution in [0.25, 0.3) is 0 Å². The van der Waals surface area contributed by atoms with E-state index in [-0.39, 0.29) is 5.91 Å². The summed E-state index contributed by atoms with van der Waals surface area (Å²) in [5, 5.41) is 12.8. The number of halogens is 1. The van der Waals surface area contributed by atoms with Crippen LogP contribution in [-0.4, -0.2) is 11.0 Å². The number of benzene rings is 2. The van der Waals surface area contributed by atoms with Gasteiger partial charge in [-0.1, -0.05) is 29.8 Å². The first-order valence-corrected chi connectivity index (χ1v) is 6.29. The summed E-state index contributed by atoms with van der Waals surface area (Å²) in [6.45, 7) is 1.68. The lowest BCUT2D eigenvalue weighted by atomic mass is 10.1.